The number of aromatic nitrogens is 1. The number of nitro groups is 2. The van der Waals surface area contributed by atoms with Crippen molar-refractivity contribution in [3.8, 4) is 11.1 Å². The molecule has 0 atom stereocenters. The molecule has 118 valence electrons. The van der Waals surface area contributed by atoms with Crippen molar-refractivity contribution >= 4 is 17.2 Å². The van der Waals surface area contributed by atoms with Gasteiger partial charge in [0, 0.05) is 17.8 Å². The fourth-order valence-electron chi connectivity index (χ4n) is 2.55. The zero-order valence-corrected chi connectivity index (χ0v) is 12.7. The predicted molar refractivity (Wildman–Crippen MR) is 82.5 cm³/mol. The van der Waals surface area contributed by atoms with Crippen molar-refractivity contribution in [3.05, 3.63) is 61.4 Å². The number of rotatable bonds is 4. The van der Waals surface area contributed by atoms with E-state index in [0.29, 0.717) is 5.69 Å². The van der Waals surface area contributed by atoms with E-state index in [1.54, 1.807) is 6.92 Å². The van der Waals surface area contributed by atoms with Gasteiger partial charge in [-0.2, -0.15) is 0 Å². The van der Waals surface area contributed by atoms with Crippen LogP contribution in [0.4, 0.5) is 11.4 Å². The van der Waals surface area contributed by atoms with Gasteiger partial charge in [-0.3, -0.25) is 30.0 Å². The average molecular weight is 315 g/mol. The van der Waals surface area contributed by atoms with Gasteiger partial charge in [-0.1, -0.05) is 12.1 Å². The van der Waals surface area contributed by atoms with Gasteiger partial charge in [0.05, 0.1) is 21.0 Å². The lowest BCUT2D eigenvalue weighted by molar-refractivity contribution is -0.385. The van der Waals surface area contributed by atoms with Gasteiger partial charge in [0.25, 0.3) is 11.4 Å². The zero-order chi connectivity index (χ0) is 17.3. The van der Waals surface area contributed by atoms with Crippen LogP contribution in [0.3, 0.4) is 0 Å². The Kier molecular flexibility index (Phi) is 4.17. The molecule has 8 nitrogen and oxygen atoms in total. The Balaban J connectivity index is 2.93. The van der Waals surface area contributed by atoms with Crippen LogP contribution in [0.2, 0.25) is 0 Å². The van der Waals surface area contributed by atoms with Crippen LogP contribution in [-0.2, 0) is 0 Å². The van der Waals surface area contributed by atoms with Crippen LogP contribution in [0.25, 0.3) is 11.1 Å². The van der Waals surface area contributed by atoms with Crippen molar-refractivity contribution in [1.82, 2.24) is 4.98 Å². The third kappa shape index (κ3) is 2.91. The zero-order valence-electron chi connectivity index (χ0n) is 12.7. The van der Waals surface area contributed by atoms with Crippen molar-refractivity contribution in [2.75, 3.05) is 0 Å². The number of non-ortho nitro benzene ring substituents is 1. The molecule has 0 aliphatic carbocycles. The number of carbonyl (C=O) groups is 1. The lowest BCUT2D eigenvalue weighted by Gasteiger charge is -2.12. The fraction of sp³-hybridized carbons (Fsp3) is 0.200. The van der Waals surface area contributed by atoms with Crippen molar-refractivity contribution < 1.29 is 14.6 Å². The first-order chi connectivity index (χ1) is 10.7. The minimum Gasteiger partial charge on any atom is -0.294 e. The first-order valence-electron chi connectivity index (χ1n) is 6.65. The molecule has 0 bridgehead atoms. The molecule has 0 amide bonds. The van der Waals surface area contributed by atoms with Crippen LogP contribution in [-0.4, -0.2) is 20.6 Å². The van der Waals surface area contributed by atoms with Crippen molar-refractivity contribution in [2.24, 2.45) is 0 Å². The molecule has 0 spiro atoms. The second-order valence-corrected chi connectivity index (χ2v) is 5.00. The highest BCUT2D eigenvalue weighted by atomic mass is 16.6. The Bertz CT molecular complexity index is 807. The third-order valence-electron chi connectivity index (χ3n) is 3.41. The topological polar surface area (TPSA) is 116 Å². The standard InChI is InChI=1S/C15H13N3O5/c1-8-13(10(3)19)14(15(18(22)23)9(2)16-8)11-5-4-6-12(7-11)17(20)21/h4-7H,1-3H3. The third-order valence-corrected chi connectivity index (χ3v) is 3.41. The van der Waals surface area contributed by atoms with Gasteiger partial charge < -0.3 is 0 Å². The Morgan fingerprint density at radius 1 is 1.09 bits per heavy atom. The second-order valence-electron chi connectivity index (χ2n) is 5.00. The van der Waals surface area contributed by atoms with Gasteiger partial charge in [-0.15, -0.1) is 0 Å². The van der Waals surface area contributed by atoms with E-state index in [0.717, 1.165) is 0 Å². The minimum absolute atomic E-state index is 0.0659. The number of pyridine rings is 1. The average Bonchev–Trinajstić information content (AvgIpc) is 2.45. The quantitative estimate of drug-likeness (QED) is 0.485. The number of hydrogen-bond donors (Lipinski definition) is 0. The fourth-order valence-corrected chi connectivity index (χ4v) is 2.55. The second kappa shape index (κ2) is 5.91. The number of benzene rings is 1. The molecular formula is C15H13N3O5. The molecule has 1 aromatic carbocycles. The lowest BCUT2D eigenvalue weighted by Crippen LogP contribution is -2.08. The first-order valence-corrected chi connectivity index (χ1v) is 6.65. The van der Waals surface area contributed by atoms with Crippen LogP contribution in [0.5, 0.6) is 0 Å². The molecule has 1 heterocycles. The molecule has 0 N–H and O–H groups in total. The normalized spacial score (nSPS) is 10.4. The number of nitrogens with zero attached hydrogens (tertiary/aromatic N) is 3. The van der Waals surface area contributed by atoms with Crippen LogP contribution in [0.15, 0.2) is 24.3 Å². The molecule has 23 heavy (non-hydrogen) atoms. The Morgan fingerprint density at radius 3 is 2.26 bits per heavy atom. The summed E-state index contributed by atoms with van der Waals surface area (Å²) in [6.07, 6.45) is 0. The van der Waals surface area contributed by atoms with E-state index in [-0.39, 0.29) is 39.5 Å². The molecule has 0 aliphatic heterocycles. The van der Waals surface area contributed by atoms with E-state index in [2.05, 4.69) is 4.98 Å². The predicted octanol–water partition coefficient (Wildman–Crippen LogP) is 3.38. The highest BCUT2D eigenvalue weighted by molar-refractivity contribution is 6.04. The molecular weight excluding hydrogens is 302 g/mol. The molecule has 0 unspecified atom stereocenters. The first kappa shape index (κ1) is 16.2. The maximum absolute atomic E-state index is 12.0. The van der Waals surface area contributed by atoms with Crippen molar-refractivity contribution in [2.45, 2.75) is 20.8 Å². The van der Waals surface area contributed by atoms with Crippen LogP contribution in [0.1, 0.15) is 28.7 Å². The van der Waals surface area contributed by atoms with E-state index in [1.807, 2.05) is 0 Å². The van der Waals surface area contributed by atoms with Gasteiger partial charge in [-0.25, -0.2) is 0 Å². The summed E-state index contributed by atoms with van der Waals surface area (Å²) < 4.78 is 0. The maximum Gasteiger partial charge on any atom is 0.298 e. The van der Waals surface area contributed by atoms with Crippen LogP contribution < -0.4 is 0 Å². The van der Waals surface area contributed by atoms with Gasteiger partial charge >= 0.3 is 0 Å². The van der Waals surface area contributed by atoms with E-state index < -0.39 is 9.85 Å². The molecule has 8 heteroatoms. The number of Topliss-reactive ketones (excluding diaryl/α,β-unsaturated/α-hetero) is 1. The Morgan fingerprint density at radius 2 is 1.74 bits per heavy atom. The summed E-state index contributed by atoms with van der Waals surface area (Å²) in [7, 11) is 0. The highest BCUT2D eigenvalue weighted by Crippen LogP contribution is 2.37. The van der Waals surface area contributed by atoms with E-state index in [1.165, 1.54) is 38.1 Å². The molecule has 0 saturated heterocycles. The summed E-state index contributed by atoms with van der Waals surface area (Å²) >= 11 is 0. The summed E-state index contributed by atoms with van der Waals surface area (Å²) in [4.78, 5) is 37.2. The summed E-state index contributed by atoms with van der Waals surface area (Å²) in [6, 6.07) is 5.42. The summed E-state index contributed by atoms with van der Waals surface area (Å²) in [6.45, 7) is 4.33. The summed E-state index contributed by atoms with van der Waals surface area (Å²) in [5, 5.41) is 22.4. The summed E-state index contributed by atoms with van der Waals surface area (Å²) in [5.41, 5.74) is 0.379. The molecule has 0 aliphatic rings. The summed E-state index contributed by atoms with van der Waals surface area (Å²) in [5.74, 6) is -0.389. The maximum atomic E-state index is 12.0. The molecule has 0 fully saturated rings. The van der Waals surface area contributed by atoms with E-state index in [9.17, 15) is 25.0 Å². The minimum atomic E-state index is -0.623. The molecule has 0 saturated carbocycles. The largest absolute Gasteiger partial charge is 0.298 e. The SMILES string of the molecule is CC(=O)c1c(C)nc(C)c([N+](=O)[O-])c1-c1cccc([N+](=O)[O-])c1. The smallest absolute Gasteiger partial charge is 0.294 e. The van der Waals surface area contributed by atoms with Crippen LogP contribution >= 0.6 is 0 Å². The number of nitro benzene ring substituents is 1. The Labute approximate surface area is 131 Å². The highest BCUT2D eigenvalue weighted by Gasteiger charge is 2.28. The van der Waals surface area contributed by atoms with Gasteiger partial charge in [0.1, 0.15) is 5.69 Å². The number of hydrogen-bond acceptors (Lipinski definition) is 6. The van der Waals surface area contributed by atoms with Gasteiger partial charge in [0.2, 0.25) is 0 Å². The molecule has 2 rings (SSSR count). The lowest BCUT2D eigenvalue weighted by atomic mass is 9.93. The van der Waals surface area contributed by atoms with Gasteiger partial charge in [0.15, 0.2) is 5.78 Å². The van der Waals surface area contributed by atoms with Crippen molar-refractivity contribution in [1.29, 1.82) is 0 Å². The molecule has 1 aromatic heterocycles. The molecule has 0 radical (unpaired) electrons. The monoisotopic (exact) mass is 315 g/mol. The Hall–Kier alpha value is -3.16. The number of carbonyl (C=O) groups excluding carboxylic acids is 1. The van der Waals surface area contributed by atoms with E-state index >= 15 is 0 Å². The van der Waals surface area contributed by atoms with Crippen molar-refractivity contribution in [3.63, 3.8) is 0 Å². The van der Waals surface area contributed by atoms with Gasteiger partial charge in [-0.05, 0) is 26.3 Å². The molecule has 2 aromatic rings. The number of aryl methyl sites for hydroxylation is 2. The number of ketones is 1. The van der Waals surface area contributed by atoms with E-state index in [4.69, 9.17) is 0 Å². The van der Waals surface area contributed by atoms with Crippen LogP contribution in [0, 0.1) is 34.1 Å².